The fraction of sp³-hybridized carbons (Fsp3) is 0.333. The van der Waals surface area contributed by atoms with E-state index in [0.717, 1.165) is 33.8 Å². The number of benzene rings is 1. The van der Waals surface area contributed by atoms with Crippen LogP contribution in [-0.2, 0) is 0 Å². The van der Waals surface area contributed by atoms with Gasteiger partial charge in [-0.2, -0.15) is 0 Å². The molecule has 0 saturated carbocycles. The van der Waals surface area contributed by atoms with Crippen molar-refractivity contribution >= 4 is 43.5 Å². The van der Waals surface area contributed by atoms with E-state index in [1.807, 2.05) is 12.1 Å². The van der Waals surface area contributed by atoms with Crippen molar-refractivity contribution < 1.29 is 4.74 Å². The predicted molar refractivity (Wildman–Crippen MR) is 60.9 cm³/mol. The molecule has 0 fully saturated rings. The molecule has 2 rings (SSSR count). The molecule has 70 valence electrons. The average molecular weight is 326 g/mol. The van der Waals surface area contributed by atoms with Gasteiger partial charge in [0.25, 0.3) is 0 Å². The van der Waals surface area contributed by atoms with Crippen LogP contribution in [0.25, 0.3) is 0 Å². The molecule has 0 radical (unpaired) electrons. The normalized spacial score (nSPS) is 20.7. The molecule has 1 unspecified atom stereocenters. The summed E-state index contributed by atoms with van der Waals surface area (Å²) < 4.78 is 6.47. The van der Waals surface area contributed by atoms with E-state index < -0.39 is 0 Å². The Hall–Kier alpha value is 0.270. The van der Waals surface area contributed by atoms with E-state index >= 15 is 0 Å². The van der Waals surface area contributed by atoms with Crippen LogP contribution in [0.3, 0.4) is 0 Å². The molecule has 1 aliphatic rings. The Balaban J connectivity index is 2.56. The fourth-order valence-electron chi connectivity index (χ4n) is 1.40. The van der Waals surface area contributed by atoms with Gasteiger partial charge in [0.05, 0.1) is 6.61 Å². The molecule has 0 aliphatic carbocycles. The van der Waals surface area contributed by atoms with E-state index in [-0.39, 0.29) is 0 Å². The third kappa shape index (κ3) is 1.88. The zero-order chi connectivity index (χ0) is 9.42. The van der Waals surface area contributed by atoms with Gasteiger partial charge in [-0.25, -0.2) is 0 Å². The first-order valence-corrected chi connectivity index (χ1v) is 6.03. The molecule has 1 aromatic rings. The van der Waals surface area contributed by atoms with Gasteiger partial charge in [-0.05, 0) is 18.6 Å². The maximum atomic E-state index is 6.10. The van der Waals surface area contributed by atoms with E-state index in [0.29, 0.717) is 4.83 Å². The van der Waals surface area contributed by atoms with Crippen molar-refractivity contribution in [3.05, 3.63) is 27.2 Å². The van der Waals surface area contributed by atoms with Gasteiger partial charge in [-0.1, -0.05) is 43.5 Å². The molecular weight excluding hydrogens is 319 g/mol. The van der Waals surface area contributed by atoms with Crippen LogP contribution in [0, 0.1) is 0 Å². The first kappa shape index (κ1) is 9.81. The van der Waals surface area contributed by atoms with E-state index in [9.17, 15) is 0 Å². The zero-order valence-corrected chi connectivity index (χ0v) is 10.6. The first-order valence-electron chi connectivity index (χ1n) is 3.94. The molecule has 1 nitrogen and oxygen atoms in total. The number of hydrogen-bond acceptors (Lipinski definition) is 1. The Labute approximate surface area is 98.7 Å². The molecule has 0 bridgehead atoms. The Morgan fingerprint density at radius 3 is 3.00 bits per heavy atom. The highest BCUT2D eigenvalue weighted by molar-refractivity contribution is 9.10. The molecule has 4 heteroatoms. The van der Waals surface area contributed by atoms with Crippen molar-refractivity contribution in [2.75, 3.05) is 6.61 Å². The summed E-state index contributed by atoms with van der Waals surface area (Å²) in [6.45, 7) is 0.746. The highest BCUT2D eigenvalue weighted by Gasteiger charge is 2.22. The minimum absolute atomic E-state index is 0.317. The van der Waals surface area contributed by atoms with E-state index in [4.69, 9.17) is 16.3 Å². The van der Waals surface area contributed by atoms with Gasteiger partial charge in [0.15, 0.2) is 0 Å². The number of alkyl halides is 1. The second-order valence-electron chi connectivity index (χ2n) is 2.90. The molecule has 0 amide bonds. The largest absolute Gasteiger partial charge is 0.493 e. The summed E-state index contributed by atoms with van der Waals surface area (Å²) >= 11 is 13.1. The molecule has 0 N–H and O–H groups in total. The number of rotatable bonds is 0. The third-order valence-electron chi connectivity index (χ3n) is 2.00. The summed E-state index contributed by atoms with van der Waals surface area (Å²) in [5, 5.41) is 0.756. The molecule has 0 aromatic heterocycles. The Kier molecular flexibility index (Phi) is 2.86. The summed E-state index contributed by atoms with van der Waals surface area (Å²) in [5.41, 5.74) is 1.07. The summed E-state index contributed by atoms with van der Waals surface area (Å²) in [6.07, 6.45) is 0.967. The van der Waals surface area contributed by atoms with Crippen molar-refractivity contribution in [1.82, 2.24) is 0 Å². The summed E-state index contributed by atoms with van der Waals surface area (Å²) in [5.74, 6) is 0.882. The van der Waals surface area contributed by atoms with Gasteiger partial charge < -0.3 is 4.74 Å². The van der Waals surface area contributed by atoms with Crippen molar-refractivity contribution in [3.8, 4) is 5.75 Å². The summed E-state index contributed by atoms with van der Waals surface area (Å²) in [4.78, 5) is 0.317. The fourth-order valence-corrected chi connectivity index (χ4v) is 3.10. The van der Waals surface area contributed by atoms with Crippen molar-refractivity contribution in [2.45, 2.75) is 11.2 Å². The smallest absolute Gasteiger partial charge is 0.126 e. The van der Waals surface area contributed by atoms with Crippen LogP contribution in [0.4, 0.5) is 0 Å². The number of halogens is 3. The third-order valence-corrected chi connectivity index (χ3v) is 3.68. The maximum absolute atomic E-state index is 6.10. The van der Waals surface area contributed by atoms with Gasteiger partial charge in [0, 0.05) is 19.9 Å². The van der Waals surface area contributed by atoms with E-state index in [1.54, 1.807) is 0 Å². The second-order valence-corrected chi connectivity index (χ2v) is 5.33. The van der Waals surface area contributed by atoms with E-state index in [1.165, 1.54) is 0 Å². The van der Waals surface area contributed by atoms with Crippen LogP contribution in [0.15, 0.2) is 16.6 Å². The Morgan fingerprint density at radius 2 is 2.23 bits per heavy atom. The van der Waals surface area contributed by atoms with Gasteiger partial charge >= 0.3 is 0 Å². The molecule has 13 heavy (non-hydrogen) atoms. The van der Waals surface area contributed by atoms with Crippen LogP contribution < -0.4 is 4.74 Å². The predicted octanol–water partition coefficient (Wildman–Crippen LogP) is 4.32. The number of hydrogen-bond donors (Lipinski definition) is 0. The Bertz CT molecular complexity index is 341. The molecule has 1 aliphatic heterocycles. The summed E-state index contributed by atoms with van der Waals surface area (Å²) in [7, 11) is 0. The highest BCUT2D eigenvalue weighted by Crippen LogP contribution is 2.43. The van der Waals surface area contributed by atoms with Crippen LogP contribution in [0.2, 0.25) is 5.02 Å². The van der Waals surface area contributed by atoms with Crippen LogP contribution >= 0.6 is 43.5 Å². The molecular formula is C9H7Br2ClO. The van der Waals surface area contributed by atoms with Gasteiger partial charge in [-0.15, -0.1) is 0 Å². The lowest BCUT2D eigenvalue weighted by Crippen LogP contribution is -2.10. The lowest BCUT2D eigenvalue weighted by molar-refractivity contribution is 0.287. The first-order chi connectivity index (χ1) is 6.18. The van der Waals surface area contributed by atoms with Crippen molar-refractivity contribution in [1.29, 1.82) is 0 Å². The van der Waals surface area contributed by atoms with Crippen molar-refractivity contribution in [2.24, 2.45) is 0 Å². The monoisotopic (exact) mass is 324 g/mol. The molecule has 0 saturated heterocycles. The van der Waals surface area contributed by atoms with Crippen LogP contribution in [-0.4, -0.2) is 6.61 Å². The SMILES string of the molecule is Clc1cc(Br)cc2c1C(Br)CCO2. The lowest BCUT2D eigenvalue weighted by Gasteiger charge is -2.23. The quantitative estimate of drug-likeness (QED) is 0.645. The molecule has 0 spiro atoms. The van der Waals surface area contributed by atoms with Gasteiger partial charge in [-0.3, -0.25) is 0 Å². The standard InChI is InChI=1S/C9H7Br2ClO/c10-5-3-7(12)9-6(11)1-2-13-8(9)4-5/h3-4,6H,1-2H2. The summed E-state index contributed by atoms with van der Waals surface area (Å²) in [6, 6.07) is 3.85. The van der Waals surface area contributed by atoms with Crippen LogP contribution in [0.5, 0.6) is 5.75 Å². The topological polar surface area (TPSA) is 9.23 Å². The molecule has 1 aromatic carbocycles. The lowest BCUT2D eigenvalue weighted by atomic mass is 10.1. The zero-order valence-electron chi connectivity index (χ0n) is 6.69. The second kappa shape index (κ2) is 3.79. The van der Waals surface area contributed by atoms with Crippen molar-refractivity contribution in [3.63, 3.8) is 0 Å². The van der Waals surface area contributed by atoms with Gasteiger partial charge in [0.1, 0.15) is 5.75 Å². The maximum Gasteiger partial charge on any atom is 0.126 e. The molecule has 1 atom stereocenters. The number of fused-ring (bicyclic) bond motifs is 1. The average Bonchev–Trinajstić information content (AvgIpc) is 2.02. The molecule has 1 heterocycles. The van der Waals surface area contributed by atoms with E-state index in [2.05, 4.69) is 31.9 Å². The minimum Gasteiger partial charge on any atom is -0.493 e. The van der Waals surface area contributed by atoms with Gasteiger partial charge in [0.2, 0.25) is 0 Å². The minimum atomic E-state index is 0.317. The highest BCUT2D eigenvalue weighted by atomic mass is 79.9. The Morgan fingerprint density at radius 1 is 1.46 bits per heavy atom. The van der Waals surface area contributed by atoms with Crippen LogP contribution in [0.1, 0.15) is 16.8 Å². The number of ether oxygens (including phenoxy) is 1.